The van der Waals surface area contributed by atoms with Crippen LogP contribution in [0, 0.1) is 5.92 Å². The van der Waals surface area contributed by atoms with Crippen LogP contribution >= 0.6 is 0 Å². The van der Waals surface area contributed by atoms with Gasteiger partial charge in [-0.05, 0) is 5.56 Å². The zero-order valence-corrected chi connectivity index (χ0v) is 8.34. The first-order valence-electron chi connectivity index (χ1n) is 4.98. The van der Waals surface area contributed by atoms with Gasteiger partial charge in [0, 0.05) is 5.92 Å². The molecule has 0 saturated carbocycles. The summed E-state index contributed by atoms with van der Waals surface area (Å²) < 4.78 is 0. The largest absolute Gasteiger partial charge is 0.369 e. The molecular formula is C13H13NO. The highest BCUT2D eigenvalue weighted by Crippen LogP contribution is 2.29. The Morgan fingerprint density at radius 1 is 1.07 bits per heavy atom. The lowest BCUT2D eigenvalue weighted by Crippen LogP contribution is -2.27. The Labute approximate surface area is 89.1 Å². The molecule has 2 atom stereocenters. The topological polar surface area (TPSA) is 43.1 Å². The Morgan fingerprint density at radius 2 is 1.73 bits per heavy atom. The van der Waals surface area contributed by atoms with E-state index in [0.29, 0.717) is 0 Å². The molecule has 15 heavy (non-hydrogen) atoms. The third-order valence-corrected chi connectivity index (χ3v) is 2.65. The lowest BCUT2D eigenvalue weighted by molar-refractivity contribution is -0.120. The van der Waals surface area contributed by atoms with Gasteiger partial charge in [-0.25, -0.2) is 0 Å². The molecule has 2 unspecified atom stereocenters. The molecule has 2 rings (SSSR count). The minimum atomic E-state index is -0.274. The number of benzene rings is 1. The smallest absolute Gasteiger partial charge is 0.225 e. The van der Waals surface area contributed by atoms with Crippen LogP contribution in [0.1, 0.15) is 11.5 Å². The Hall–Kier alpha value is -1.83. The van der Waals surface area contributed by atoms with Gasteiger partial charge in [0.1, 0.15) is 0 Å². The molecule has 1 amide bonds. The number of hydrogen-bond donors (Lipinski definition) is 1. The molecule has 1 aromatic carbocycles. The zero-order valence-electron chi connectivity index (χ0n) is 8.34. The van der Waals surface area contributed by atoms with Crippen molar-refractivity contribution in [1.29, 1.82) is 0 Å². The van der Waals surface area contributed by atoms with Crippen LogP contribution in [0.2, 0.25) is 0 Å². The lowest BCUT2D eigenvalue weighted by atomic mass is 9.83. The van der Waals surface area contributed by atoms with Crippen molar-refractivity contribution in [3.05, 3.63) is 60.2 Å². The molecule has 2 N–H and O–H groups in total. The van der Waals surface area contributed by atoms with Crippen molar-refractivity contribution in [1.82, 2.24) is 0 Å². The van der Waals surface area contributed by atoms with Gasteiger partial charge in [0.2, 0.25) is 5.91 Å². The van der Waals surface area contributed by atoms with E-state index in [9.17, 15) is 4.79 Å². The molecule has 1 aliphatic rings. The van der Waals surface area contributed by atoms with E-state index in [-0.39, 0.29) is 17.7 Å². The van der Waals surface area contributed by atoms with E-state index < -0.39 is 0 Å². The van der Waals surface area contributed by atoms with Gasteiger partial charge in [0.15, 0.2) is 0 Å². The molecule has 2 nitrogen and oxygen atoms in total. The second-order valence-corrected chi connectivity index (χ2v) is 3.63. The van der Waals surface area contributed by atoms with Gasteiger partial charge in [-0.15, -0.1) is 0 Å². The van der Waals surface area contributed by atoms with Gasteiger partial charge in [-0.2, -0.15) is 0 Å². The van der Waals surface area contributed by atoms with Crippen LogP contribution < -0.4 is 5.73 Å². The maximum absolute atomic E-state index is 11.3. The number of hydrogen-bond acceptors (Lipinski definition) is 1. The average molecular weight is 199 g/mol. The third kappa shape index (κ3) is 1.99. The molecular weight excluding hydrogens is 186 g/mol. The first kappa shape index (κ1) is 9.71. The molecule has 0 saturated heterocycles. The molecule has 0 bridgehead atoms. The van der Waals surface area contributed by atoms with Crippen molar-refractivity contribution in [2.75, 3.05) is 0 Å². The summed E-state index contributed by atoms with van der Waals surface area (Å²) in [4.78, 5) is 11.3. The van der Waals surface area contributed by atoms with Crippen molar-refractivity contribution in [3.8, 4) is 0 Å². The van der Waals surface area contributed by atoms with E-state index >= 15 is 0 Å². The van der Waals surface area contributed by atoms with E-state index in [0.717, 1.165) is 5.56 Å². The molecule has 1 aromatic rings. The molecule has 0 heterocycles. The summed E-state index contributed by atoms with van der Waals surface area (Å²) in [6.45, 7) is 0. The fourth-order valence-corrected chi connectivity index (χ4v) is 1.87. The average Bonchev–Trinajstić information content (AvgIpc) is 2.30. The van der Waals surface area contributed by atoms with E-state index in [1.807, 2.05) is 54.6 Å². The zero-order chi connectivity index (χ0) is 10.7. The van der Waals surface area contributed by atoms with Crippen molar-refractivity contribution in [3.63, 3.8) is 0 Å². The highest BCUT2D eigenvalue weighted by atomic mass is 16.1. The van der Waals surface area contributed by atoms with Crippen LogP contribution in [0.5, 0.6) is 0 Å². The maximum atomic E-state index is 11.3. The number of nitrogens with two attached hydrogens (primary N) is 1. The van der Waals surface area contributed by atoms with E-state index in [4.69, 9.17) is 5.73 Å². The number of carbonyl (C=O) groups excluding carboxylic acids is 1. The normalized spacial score (nSPS) is 24.0. The van der Waals surface area contributed by atoms with Gasteiger partial charge in [0.05, 0.1) is 5.92 Å². The standard InChI is InChI=1S/C13H13NO/c14-13(15)12-9-5-4-8-11(12)10-6-2-1-3-7-10/h1-9,11-12H,(H2,14,15). The number of rotatable bonds is 2. The number of primary amides is 1. The minimum absolute atomic E-state index is 0.0775. The molecule has 0 spiro atoms. The van der Waals surface area contributed by atoms with Crippen LogP contribution in [-0.4, -0.2) is 5.91 Å². The van der Waals surface area contributed by atoms with Crippen LogP contribution in [0.3, 0.4) is 0 Å². The summed E-state index contributed by atoms with van der Waals surface area (Å²) in [5.41, 5.74) is 6.50. The quantitative estimate of drug-likeness (QED) is 0.777. The number of amides is 1. The minimum Gasteiger partial charge on any atom is -0.369 e. The first-order valence-corrected chi connectivity index (χ1v) is 4.98. The van der Waals surface area contributed by atoms with E-state index in [1.54, 1.807) is 0 Å². The van der Waals surface area contributed by atoms with E-state index in [1.165, 1.54) is 0 Å². The second-order valence-electron chi connectivity index (χ2n) is 3.63. The summed E-state index contributed by atoms with van der Waals surface area (Å²) in [6, 6.07) is 9.94. The van der Waals surface area contributed by atoms with Gasteiger partial charge < -0.3 is 5.73 Å². The summed E-state index contributed by atoms with van der Waals surface area (Å²) in [6.07, 6.45) is 7.71. The van der Waals surface area contributed by atoms with Crippen LogP contribution in [-0.2, 0) is 4.79 Å². The number of allylic oxidation sites excluding steroid dienone is 3. The van der Waals surface area contributed by atoms with E-state index in [2.05, 4.69) is 0 Å². The van der Waals surface area contributed by atoms with Crippen LogP contribution in [0.15, 0.2) is 54.6 Å². The molecule has 0 aliphatic heterocycles. The Morgan fingerprint density at radius 3 is 2.40 bits per heavy atom. The summed E-state index contributed by atoms with van der Waals surface area (Å²) in [5, 5.41) is 0. The molecule has 1 aliphatic carbocycles. The fraction of sp³-hybridized carbons (Fsp3) is 0.154. The molecule has 0 radical (unpaired) electrons. The summed E-state index contributed by atoms with van der Waals surface area (Å²) in [7, 11) is 0. The Bertz CT molecular complexity index is 406. The maximum Gasteiger partial charge on any atom is 0.225 e. The fourth-order valence-electron chi connectivity index (χ4n) is 1.87. The van der Waals surface area contributed by atoms with Gasteiger partial charge in [-0.3, -0.25) is 4.79 Å². The van der Waals surface area contributed by atoms with Gasteiger partial charge in [0.25, 0.3) is 0 Å². The van der Waals surface area contributed by atoms with Gasteiger partial charge in [-0.1, -0.05) is 54.6 Å². The second kappa shape index (κ2) is 4.13. The number of carbonyl (C=O) groups is 1. The first-order chi connectivity index (χ1) is 7.29. The SMILES string of the molecule is NC(=O)C1C=CC=CC1c1ccccc1. The van der Waals surface area contributed by atoms with Gasteiger partial charge >= 0.3 is 0 Å². The predicted octanol–water partition coefficient (Wildman–Crippen LogP) is 2.00. The monoisotopic (exact) mass is 199 g/mol. The Balaban J connectivity index is 2.32. The molecule has 0 fully saturated rings. The summed E-state index contributed by atoms with van der Waals surface area (Å²) >= 11 is 0. The van der Waals surface area contributed by atoms with Crippen molar-refractivity contribution < 1.29 is 4.79 Å². The van der Waals surface area contributed by atoms with Crippen molar-refractivity contribution >= 4 is 5.91 Å². The van der Waals surface area contributed by atoms with Crippen molar-refractivity contribution in [2.24, 2.45) is 11.7 Å². The van der Waals surface area contributed by atoms with Crippen LogP contribution in [0.25, 0.3) is 0 Å². The lowest BCUT2D eigenvalue weighted by Gasteiger charge is -2.21. The third-order valence-electron chi connectivity index (χ3n) is 2.65. The highest BCUT2D eigenvalue weighted by Gasteiger charge is 2.24. The molecule has 76 valence electrons. The molecule has 2 heteroatoms. The van der Waals surface area contributed by atoms with Crippen molar-refractivity contribution in [2.45, 2.75) is 5.92 Å². The summed E-state index contributed by atoms with van der Waals surface area (Å²) in [5.74, 6) is -0.421. The predicted molar refractivity (Wildman–Crippen MR) is 60.1 cm³/mol. The Kier molecular flexibility index (Phi) is 2.68. The van der Waals surface area contributed by atoms with Crippen LogP contribution in [0.4, 0.5) is 0 Å². The molecule has 0 aromatic heterocycles. The highest BCUT2D eigenvalue weighted by molar-refractivity contribution is 5.80.